The molecule has 14 heavy (non-hydrogen) atoms. The maximum absolute atomic E-state index is 5.30. The first-order valence-corrected chi connectivity index (χ1v) is 5.10. The summed E-state index contributed by atoms with van der Waals surface area (Å²) in [6.45, 7) is 11.9. The molecule has 0 fully saturated rings. The molecule has 0 N–H and O–H groups in total. The normalized spacial score (nSPS) is 12.1. The predicted octanol–water partition coefficient (Wildman–Crippen LogP) is 2.89. The van der Waals surface area contributed by atoms with E-state index >= 15 is 0 Å². The third kappa shape index (κ3) is 3.81. The highest BCUT2D eigenvalue weighted by atomic mass is 16.5. The van der Waals surface area contributed by atoms with Crippen LogP contribution in [0.4, 0.5) is 0 Å². The van der Waals surface area contributed by atoms with E-state index in [0.717, 1.165) is 19.6 Å². The maximum atomic E-state index is 5.30. The Morgan fingerprint density at radius 3 is 1.86 bits per heavy atom. The topological polar surface area (TPSA) is 18.5 Å². The first-order valence-electron chi connectivity index (χ1n) is 5.10. The van der Waals surface area contributed by atoms with E-state index in [2.05, 4.69) is 27.4 Å². The summed E-state index contributed by atoms with van der Waals surface area (Å²) in [5.74, 6) is 0.527. The van der Waals surface area contributed by atoms with Crippen LogP contribution in [0.25, 0.3) is 0 Å². The van der Waals surface area contributed by atoms with Gasteiger partial charge in [0.1, 0.15) is 0 Å². The standard InChI is InChI=1S/C12H24O2/c1-10(2)7-12(8-13-5,9-14-6)11(3)4/h11H,1,7-9H2,2-6H3. The van der Waals surface area contributed by atoms with E-state index in [0.29, 0.717) is 5.92 Å². The van der Waals surface area contributed by atoms with Crippen LogP contribution >= 0.6 is 0 Å². The fourth-order valence-corrected chi connectivity index (χ4v) is 1.86. The van der Waals surface area contributed by atoms with Crippen LogP contribution in [-0.2, 0) is 9.47 Å². The zero-order valence-corrected chi connectivity index (χ0v) is 10.2. The zero-order chi connectivity index (χ0) is 11.2. The Kier molecular flexibility index (Phi) is 6.05. The minimum absolute atomic E-state index is 0.0787. The van der Waals surface area contributed by atoms with Gasteiger partial charge in [0.2, 0.25) is 0 Å². The smallest absolute Gasteiger partial charge is 0.0546 e. The molecule has 0 bridgehead atoms. The summed E-state index contributed by atoms with van der Waals surface area (Å²) < 4.78 is 10.6. The Balaban J connectivity index is 4.63. The number of allylic oxidation sites excluding steroid dienone is 1. The molecule has 0 rings (SSSR count). The van der Waals surface area contributed by atoms with Crippen LogP contribution in [0.3, 0.4) is 0 Å². The van der Waals surface area contributed by atoms with E-state index in [-0.39, 0.29) is 5.41 Å². The van der Waals surface area contributed by atoms with Gasteiger partial charge in [-0.15, -0.1) is 6.58 Å². The van der Waals surface area contributed by atoms with Crippen molar-refractivity contribution in [1.29, 1.82) is 0 Å². The maximum Gasteiger partial charge on any atom is 0.0546 e. The highest BCUT2D eigenvalue weighted by molar-refractivity contribution is 4.98. The van der Waals surface area contributed by atoms with Gasteiger partial charge in [-0.25, -0.2) is 0 Å². The minimum Gasteiger partial charge on any atom is -0.384 e. The molecule has 0 aromatic heterocycles. The summed E-state index contributed by atoms with van der Waals surface area (Å²) in [7, 11) is 3.48. The van der Waals surface area contributed by atoms with E-state index in [9.17, 15) is 0 Å². The number of ether oxygens (including phenoxy) is 2. The summed E-state index contributed by atoms with van der Waals surface area (Å²) in [5, 5.41) is 0. The van der Waals surface area contributed by atoms with Crippen LogP contribution in [0.5, 0.6) is 0 Å². The lowest BCUT2D eigenvalue weighted by Crippen LogP contribution is -2.37. The second-order valence-corrected chi connectivity index (χ2v) is 4.52. The lowest BCUT2D eigenvalue weighted by atomic mass is 9.74. The number of rotatable bonds is 7. The molecule has 0 saturated heterocycles. The first-order chi connectivity index (χ1) is 6.48. The van der Waals surface area contributed by atoms with Crippen molar-refractivity contribution in [2.45, 2.75) is 27.2 Å². The Morgan fingerprint density at radius 1 is 1.21 bits per heavy atom. The number of methoxy groups -OCH3 is 2. The summed E-state index contributed by atoms with van der Waals surface area (Å²) in [4.78, 5) is 0. The Hall–Kier alpha value is -0.340. The molecule has 0 unspecified atom stereocenters. The Labute approximate surface area is 88.3 Å². The number of hydrogen-bond donors (Lipinski definition) is 0. The molecule has 0 atom stereocenters. The van der Waals surface area contributed by atoms with Gasteiger partial charge in [-0.05, 0) is 19.3 Å². The molecule has 0 amide bonds. The van der Waals surface area contributed by atoms with Crippen molar-refractivity contribution >= 4 is 0 Å². The summed E-state index contributed by atoms with van der Waals surface area (Å²) in [6, 6.07) is 0. The van der Waals surface area contributed by atoms with Crippen LogP contribution < -0.4 is 0 Å². The van der Waals surface area contributed by atoms with Crippen LogP contribution in [0.2, 0.25) is 0 Å². The molecule has 2 heteroatoms. The third-order valence-corrected chi connectivity index (χ3v) is 2.74. The van der Waals surface area contributed by atoms with Crippen molar-refractivity contribution in [2.24, 2.45) is 11.3 Å². The van der Waals surface area contributed by atoms with E-state index < -0.39 is 0 Å². The Morgan fingerprint density at radius 2 is 1.64 bits per heavy atom. The van der Waals surface area contributed by atoms with Gasteiger partial charge in [0.15, 0.2) is 0 Å². The molecule has 84 valence electrons. The third-order valence-electron chi connectivity index (χ3n) is 2.74. The average Bonchev–Trinajstić information content (AvgIpc) is 2.03. The quantitative estimate of drug-likeness (QED) is 0.588. The van der Waals surface area contributed by atoms with E-state index in [4.69, 9.17) is 9.47 Å². The van der Waals surface area contributed by atoms with Gasteiger partial charge in [-0.3, -0.25) is 0 Å². The van der Waals surface area contributed by atoms with Crippen molar-refractivity contribution in [3.63, 3.8) is 0 Å². The lowest BCUT2D eigenvalue weighted by molar-refractivity contribution is -0.0200. The van der Waals surface area contributed by atoms with Crippen LogP contribution in [0.1, 0.15) is 27.2 Å². The second kappa shape index (κ2) is 6.20. The molecular weight excluding hydrogens is 176 g/mol. The van der Waals surface area contributed by atoms with Gasteiger partial charge in [0, 0.05) is 19.6 Å². The van der Waals surface area contributed by atoms with Crippen LogP contribution in [-0.4, -0.2) is 27.4 Å². The van der Waals surface area contributed by atoms with Gasteiger partial charge >= 0.3 is 0 Å². The number of hydrogen-bond acceptors (Lipinski definition) is 2. The molecule has 0 radical (unpaired) electrons. The van der Waals surface area contributed by atoms with E-state index in [1.54, 1.807) is 14.2 Å². The van der Waals surface area contributed by atoms with Crippen molar-refractivity contribution in [3.8, 4) is 0 Å². The fraction of sp³-hybridized carbons (Fsp3) is 0.833. The van der Waals surface area contributed by atoms with Crippen LogP contribution in [0, 0.1) is 11.3 Å². The summed E-state index contributed by atoms with van der Waals surface area (Å²) in [5.41, 5.74) is 1.27. The fourth-order valence-electron chi connectivity index (χ4n) is 1.86. The van der Waals surface area contributed by atoms with E-state index in [1.165, 1.54) is 5.57 Å². The van der Waals surface area contributed by atoms with Gasteiger partial charge in [-0.2, -0.15) is 0 Å². The summed E-state index contributed by atoms with van der Waals surface area (Å²) >= 11 is 0. The van der Waals surface area contributed by atoms with E-state index in [1.807, 2.05) is 0 Å². The first kappa shape index (κ1) is 13.7. The van der Waals surface area contributed by atoms with Crippen LogP contribution in [0.15, 0.2) is 12.2 Å². The lowest BCUT2D eigenvalue weighted by Gasteiger charge is -2.36. The zero-order valence-electron chi connectivity index (χ0n) is 10.2. The predicted molar refractivity (Wildman–Crippen MR) is 60.5 cm³/mol. The molecule has 0 aromatic carbocycles. The molecule has 2 nitrogen and oxygen atoms in total. The van der Waals surface area contributed by atoms with Crippen molar-refractivity contribution in [1.82, 2.24) is 0 Å². The SMILES string of the molecule is C=C(C)CC(COC)(COC)C(C)C. The molecule has 0 aliphatic rings. The van der Waals surface area contributed by atoms with Crippen molar-refractivity contribution in [2.75, 3.05) is 27.4 Å². The molecule has 0 aliphatic carbocycles. The monoisotopic (exact) mass is 200 g/mol. The average molecular weight is 200 g/mol. The Bertz CT molecular complexity index is 167. The molecule has 0 saturated carbocycles. The largest absolute Gasteiger partial charge is 0.384 e. The second-order valence-electron chi connectivity index (χ2n) is 4.52. The highest BCUT2D eigenvalue weighted by Gasteiger charge is 2.33. The van der Waals surface area contributed by atoms with Crippen molar-refractivity contribution < 1.29 is 9.47 Å². The molecule has 0 aromatic rings. The van der Waals surface area contributed by atoms with Gasteiger partial charge in [0.25, 0.3) is 0 Å². The molecule has 0 aliphatic heterocycles. The van der Waals surface area contributed by atoms with Gasteiger partial charge in [0.05, 0.1) is 13.2 Å². The van der Waals surface area contributed by atoms with Gasteiger partial charge in [-0.1, -0.05) is 19.4 Å². The minimum atomic E-state index is 0.0787. The molecule has 0 spiro atoms. The van der Waals surface area contributed by atoms with Crippen molar-refractivity contribution in [3.05, 3.63) is 12.2 Å². The highest BCUT2D eigenvalue weighted by Crippen LogP contribution is 2.34. The van der Waals surface area contributed by atoms with Gasteiger partial charge < -0.3 is 9.47 Å². The summed E-state index contributed by atoms with van der Waals surface area (Å²) in [6.07, 6.45) is 0.965. The molecule has 0 heterocycles. The molecular formula is C12H24O2.